The van der Waals surface area contributed by atoms with Crippen LogP contribution in [0.15, 0.2) is 30.3 Å². The van der Waals surface area contributed by atoms with E-state index in [1.807, 2.05) is 6.07 Å². The summed E-state index contributed by atoms with van der Waals surface area (Å²) >= 11 is 0. The van der Waals surface area contributed by atoms with Gasteiger partial charge in [0.15, 0.2) is 0 Å². The van der Waals surface area contributed by atoms with Gasteiger partial charge in [0.2, 0.25) is 0 Å². The highest BCUT2D eigenvalue weighted by Crippen LogP contribution is 2.39. The van der Waals surface area contributed by atoms with Gasteiger partial charge in [-0.2, -0.15) is 0 Å². The molecule has 1 spiro atoms. The Morgan fingerprint density at radius 3 is 2.65 bits per heavy atom. The van der Waals surface area contributed by atoms with Gasteiger partial charge in [0.25, 0.3) is 0 Å². The summed E-state index contributed by atoms with van der Waals surface area (Å²) in [6.45, 7) is 2.57. The fraction of sp³-hybridized carbons (Fsp3) is 0.647. The molecule has 1 aromatic carbocycles. The molecule has 3 rings (SSSR count). The van der Waals surface area contributed by atoms with Crippen LogP contribution in [-0.4, -0.2) is 25.4 Å². The second-order valence-corrected chi connectivity index (χ2v) is 6.26. The fourth-order valence-corrected chi connectivity index (χ4v) is 3.62. The van der Waals surface area contributed by atoms with Gasteiger partial charge in [-0.1, -0.05) is 30.3 Å². The van der Waals surface area contributed by atoms with Gasteiger partial charge in [-0.25, -0.2) is 0 Å². The smallest absolute Gasteiger partial charge is 0.0729 e. The molecule has 2 aliphatic rings. The van der Waals surface area contributed by atoms with Crippen LogP contribution in [0, 0.1) is 5.92 Å². The summed E-state index contributed by atoms with van der Waals surface area (Å²) < 4.78 is 11.6. The maximum Gasteiger partial charge on any atom is 0.0729 e. The van der Waals surface area contributed by atoms with Crippen LogP contribution in [0.4, 0.5) is 0 Å². The van der Waals surface area contributed by atoms with Crippen molar-refractivity contribution < 1.29 is 9.47 Å². The Hall–Kier alpha value is -0.900. The van der Waals surface area contributed by atoms with Crippen LogP contribution in [0.2, 0.25) is 0 Å². The first-order valence-electron chi connectivity index (χ1n) is 7.80. The number of hydrogen-bond donors (Lipinski definition) is 1. The number of ether oxygens (including phenoxy) is 2. The summed E-state index contributed by atoms with van der Waals surface area (Å²) in [5.74, 6) is 0.678. The third-order valence-electron chi connectivity index (χ3n) is 4.81. The van der Waals surface area contributed by atoms with Crippen LogP contribution in [0.5, 0.6) is 0 Å². The standard InChI is InChI=1S/C17H25NO2/c18-16(15-4-2-1-3-5-15)12-14-6-9-20-17(13-14)7-10-19-11-8-17/h1-5,14,16H,6-13,18H2. The highest BCUT2D eigenvalue weighted by Gasteiger charge is 2.39. The molecule has 2 heterocycles. The number of nitrogens with two attached hydrogens (primary N) is 1. The van der Waals surface area contributed by atoms with Crippen molar-refractivity contribution in [2.45, 2.75) is 43.7 Å². The molecule has 0 amide bonds. The summed E-state index contributed by atoms with van der Waals surface area (Å²) in [4.78, 5) is 0. The molecule has 2 N–H and O–H groups in total. The zero-order chi connectivity index (χ0) is 13.8. The second kappa shape index (κ2) is 6.25. The third-order valence-corrected chi connectivity index (χ3v) is 4.81. The van der Waals surface area contributed by atoms with E-state index < -0.39 is 0 Å². The molecule has 0 aliphatic carbocycles. The van der Waals surface area contributed by atoms with E-state index in [4.69, 9.17) is 15.2 Å². The van der Waals surface area contributed by atoms with Crippen molar-refractivity contribution in [3.8, 4) is 0 Å². The minimum Gasteiger partial charge on any atom is -0.381 e. The first-order valence-corrected chi connectivity index (χ1v) is 7.80. The van der Waals surface area contributed by atoms with Crippen molar-refractivity contribution in [3.05, 3.63) is 35.9 Å². The first kappa shape index (κ1) is 14.1. The lowest BCUT2D eigenvalue weighted by Crippen LogP contribution is -2.44. The molecule has 0 saturated carbocycles. The predicted octanol–water partition coefficient (Wildman–Crippen LogP) is 3.05. The van der Waals surface area contributed by atoms with Gasteiger partial charge < -0.3 is 15.2 Å². The number of rotatable bonds is 3. The van der Waals surface area contributed by atoms with Gasteiger partial charge in [-0.15, -0.1) is 0 Å². The molecule has 20 heavy (non-hydrogen) atoms. The lowest BCUT2D eigenvalue weighted by molar-refractivity contribution is -0.148. The van der Waals surface area contributed by atoms with Crippen LogP contribution in [0.3, 0.4) is 0 Å². The second-order valence-electron chi connectivity index (χ2n) is 6.26. The van der Waals surface area contributed by atoms with Gasteiger partial charge in [0.1, 0.15) is 0 Å². The molecule has 2 unspecified atom stereocenters. The highest BCUT2D eigenvalue weighted by atomic mass is 16.5. The van der Waals surface area contributed by atoms with Crippen LogP contribution < -0.4 is 5.73 Å². The topological polar surface area (TPSA) is 44.5 Å². The lowest BCUT2D eigenvalue weighted by atomic mass is 9.78. The summed E-state index contributed by atoms with van der Waals surface area (Å²) in [6.07, 6.45) is 5.45. The molecular weight excluding hydrogens is 250 g/mol. The Labute approximate surface area is 121 Å². The van der Waals surface area contributed by atoms with E-state index in [0.717, 1.165) is 51.9 Å². The summed E-state index contributed by atoms with van der Waals surface area (Å²) in [5, 5.41) is 0. The van der Waals surface area contributed by atoms with Crippen molar-refractivity contribution in [1.29, 1.82) is 0 Å². The minimum atomic E-state index is 0.0809. The average molecular weight is 275 g/mol. The Balaban J connectivity index is 1.60. The van der Waals surface area contributed by atoms with E-state index in [2.05, 4.69) is 24.3 Å². The predicted molar refractivity (Wildman–Crippen MR) is 79.4 cm³/mol. The van der Waals surface area contributed by atoms with Crippen molar-refractivity contribution in [3.63, 3.8) is 0 Å². The van der Waals surface area contributed by atoms with Gasteiger partial charge in [0.05, 0.1) is 5.60 Å². The molecule has 0 radical (unpaired) electrons. The monoisotopic (exact) mass is 275 g/mol. The summed E-state index contributed by atoms with van der Waals surface area (Å²) in [6, 6.07) is 10.6. The maximum atomic E-state index is 6.38. The van der Waals surface area contributed by atoms with E-state index in [9.17, 15) is 0 Å². The minimum absolute atomic E-state index is 0.0809. The Bertz CT molecular complexity index is 409. The summed E-state index contributed by atoms with van der Waals surface area (Å²) in [5.41, 5.74) is 7.71. The first-order chi connectivity index (χ1) is 9.77. The molecule has 2 fully saturated rings. The van der Waals surface area contributed by atoms with Crippen molar-refractivity contribution in [2.24, 2.45) is 11.7 Å². The highest BCUT2D eigenvalue weighted by molar-refractivity contribution is 5.18. The van der Waals surface area contributed by atoms with Gasteiger partial charge in [-0.3, -0.25) is 0 Å². The van der Waals surface area contributed by atoms with E-state index in [1.54, 1.807) is 0 Å². The van der Waals surface area contributed by atoms with Crippen LogP contribution in [-0.2, 0) is 9.47 Å². The van der Waals surface area contributed by atoms with E-state index >= 15 is 0 Å². The SMILES string of the molecule is NC(CC1CCOC2(CCOCC2)C1)c1ccccc1. The molecule has 2 aliphatic heterocycles. The molecule has 0 bridgehead atoms. The molecule has 0 aromatic heterocycles. The van der Waals surface area contributed by atoms with Crippen LogP contribution in [0.25, 0.3) is 0 Å². The molecular formula is C17H25NO2. The zero-order valence-corrected chi connectivity index (χ0v) is 12.1. The van der Waals surface area contributed by atoms with E-state index in [-0.39, 0.29) is 11.6 Å². The van der Waals surface area contributed by atoms with E-state index in [0.29, 0.717) is 5.92 Å². The number of benzene rings is 1. The van der Waals surface area contributed by atoms with E-state index in [1.165, 1.54) is 5.56 Å². The molecule has 1 aromatic rings. The molecule has 3 heteroatoms. The fourth-order valence-electron chi connectivity index (χ4n) is 3.62. The number of hydrogen-bond acceptors (Lipinski definition) is 3. The van der Waals surface area contributed by atoms with Crippen molar-refractivity contribution in [1.82, 2.24) is 0 Å². The van der Waals surface area contributed by atoms with Crippen LogP contribution in [0.1, 0.15) is 43.7 Å². The molecule has 2 saturated heterocycles. The Morgan fingerprint density at radius 2 is 1.90 bits per heavy atom. The van der Waals surface area contributed by atoms with Gasteiger partial charge >= 0.3 is 0 Å². The van der Waals surface area contributed by atoms with Crippen molar-refractivity contribution in [2.75, 3.05) is 19.8 Å². The lowest BCUT2D eigenvalue weighted by Gasteiger charge is -2.43. The zero-order valence-electron chi connectivity index (χ0n) is 12.1. The largest absolute Gasteiger partial charge is 0.381 e. The van der Waals surface area contributed by atoms with Gasteiger partial charge in [-0.05, 0) is 43.6 Å². The molecule has 3 nitrogen and oxygen atoms in total. The molecule has 2 atom stereocenters. The normalized spacial score (nSPS) is 27.4. The summed E-state index contributed by atoms with van der Waals surface area (Å²) in [7, 11) is 0. The Kier molecular flexibility index (Phi) is 4.39. The average Bonchev–Trinajstić information content (AvgIpc) is 2.49. The molecule has 110 valence electrons. The van der Waals surface area contributed by atoms with Crippen molar-refractivity contribution >= 4 is 0 Å². The quantitative estimate of drug-likeness (QED) is 0.922. The maximum absolute atomic E-state index is 6.38. The third kappa shape index (κ3) is 3.22. The Morgan fingerprint density at radius 1 is 1.15 bits per heavy atom. The van der Waals surface area contributed by atoms with Gasteiger partial charge in [0, 0.05) is 25.9 Å². The van der Waals surface area contributed by atoms with Crippen LogP contribution >= 0.6 is 0 Å².